The van der Waals surface area contributed by atoms with Crippen LogP contribution in [-0.2, 0) is 0 Å². The van der Waals surface area contributed by atoms with Gasteiger partial charge >= 0.3 is 0 Å². The Hall–Kier alpha value is -0.780. The molecule has 0 heterocycles. The summed E-state index contributed by atoms with van der Waals surface area (Å²) in [6, 6.07) is 0. The van der Waals surface area contributed by atoms with E-state index in [1.807, 2.05) is 6.08 Å². The third-order valence-corrected chi connectivity index (χ3v) is 2.16. The fourth-order valence-electron chi connectivity index (χ4n) is 1.68. The number of hydrogen-bond donors (Lipinski definition) is 0. The molecule has 1 aliphatic rings. The molecular formula is C11H16. The average Bonchev–Trinajstić information content (AvgIpc) is 2.32. The standard InChI is InChI=1S/C11H16/c1-4-6-11-8-9(3)7-10(11)5-2/h4-6,9H,2,7-8H2,1,3H3/b6-4-. The summed E-state index contributed by atoms with van der Waals surface area (Å²) in [7, 11) is 0. The van der Waals surface area contributed by atoms with Crippen molar-refractivity contribution in [2.24, 2.45) is 5.92 Å². The van der Waals surface area contributed by atoms with E-state index < -0.39 is 0 Å². The molecule has 0 heteroatoms. The molecule has 0 radical (unpaired) electrons. The van der Waals surface area contributed by atoms with Gasteiger partial charge in [-0.25, -0.2) is 0 Å². The van der Waals surface area contributed by atoms with Crippen LogP contribution in [0.1, 0.15) is 26.7 Å². The van der Waals surface area contributed by atoms with Gasteiger partial charge in [-0.1, -0.05) is 31.7 Å². The van der Waals surface area contributed by atoms with E-state index in [-0.39, 0.29) is 0 Å². The summed E-state index contributed by atoms with van der Waals surface area (Å²) in [5.41, 5.74) is 2.92. The smallest absolute Gasteiger partial charge is 0.0247 e. The normalized spacial score (nSPS) is 25.1. The van der Waals surface area contributed by atoms with Gasteiger partial charge in [-0.2, -0.15) is 0 Å². The Morgan fingerprint density at radius 2 is 2.00 bits per heavy atom. The molecule has 1 rings (SSSR count). The molecule has 1 aliphatic carbocycles. The maximum atomic E-state index is 3.82. The summed E-state index contributed by atoms with van der Waals surface area (Å²) >= 11 is 0. The van der Waals surface area contributed by atoms with Crippen LogP contribution in [0, 0.1) is 5.92 Å². The van der Waals surface area contributed by atoms with E-state index in [1.54, 1.807) is 0 Å². The van der Waals surface area contributed by atoms with Crippen LogP contribution in [0.3, 0.4) is 0 Å². The maximum Gasteiger partial charge on any atom is -0.0247 e. The van der Waals surface area contributed by atoms with E-state index in [2.05, 4.69) is 32.6 Å². The van der Waals surface area contributed by atoms with Crippen molar-refractivity contribution in [2.75, 3.05) is 0 Å². The van der Waals surface area contributed by atoms with E-state index in [0.717, 1.165) is 5.92 Å². The largest absolute Gasteiger partial charge is 0.0988 e. The third-order valence-electron chi connectivity index (χ3n) is 2.16. The monoisotopic (exact) mass is 148 g/mol. The molecule has 0 aromatic heterocycles. The van der Waals surface area contributed by atoms with Crippen LogP contribution in [0.25, 0.3) is 0 Å². The Morgan fingerprint density at radius 1 is 1.36 bits per heavy atom. The highest BCUT2D eigenvalue weighted by atomic mass is 14.2. The fourth-order valence-corrected chi connectivity index (χ4v) is 1.68. The topological polar surface area (TPSA) is 0 Å². The lowest BCUT2D eigenvalue weighted by Crippen LogP contribution is -1.83. The molecule has 0 spiro atoms. The Balaban J connectivity index is 2.79. The summed E-state index contributed by atoms with van der Waals surface area (Å²) in [5.74, 6) is 0.814. The maximum absolute atomic E-state index is 3.82. The molecule has 0 fully saturated rings. The Morgan fingerprint density at radius 3 is 2.55 bits per heavy atom. The second-order valence-corrected chi connectivity index (χ2v) is 3.27. The predicted molar refractivity (Wildman–Crippen MR) is 50.4 cm³/mol. The van der Waals surface area contributed by atoms with Crippen LogP contribution in [0.4, 0.5) is 0 Å². The van der Waals surface area contributed by atoms with Gasteiger partial charge in [0.1, 0.15) is 0 Å². The van der Waals surface area contributed by atoms with Crippen LogP contribution in [-0.4, -0.2) is 0 Å². The highest BCUT2D eigenvalue weighted by Gasteiger charge is 2.16. The van der Waals surface area contributed by atoms with Crippen LogP contribution in [0.15, 0.2) is 36.0 Å². The second-order valence-electron chi connectivity index (χ2n) is 3.27. The van der Waals surface area contributed by atoms with Gasteiger partial charge in [0, 0.05) is 0 Å². The number of rotatable bonds is 2. The molecule has 11 heavy (non-hydrogen) atoms. The summed E-state index contributed by atoms with van der Waals surface area (Å²) in [6.45, 7) is 8.18. The quantitative estimate of drug-likeness (QED) is 0.562. The lowest BCUT2D eigenvalue weighted by atomic mass is 10.1. The van der Waals surface area contributed by atoms with E-state index in [9.17, 15) is 0 Å². The summed E-state index contributed by atoms with van der Waals surface area (Å²) < 4.78 is 0. The summed E-state index contributed by atoms with van der Waals surface area (Å²) in [5, 5.41) is 0. The zero-order valence-corrected chi connectivity index (χ0v) is 7.43. The van der Waals surface area contributed by atoms with Gasteiger partial charge in [0.25, 0.3) is 0 Å². The van der Waals surface area contributed by atoms with Crippen molar-refractivity contribution in [3.8, 4) is 0 Å². The van der Waals surface area contributed by atoms with Gasteiger partial charge in [0.05, 0.1) is 0 Å². The molecule has 1 unspecified atom stereocenters. The summed E-state index contributed by atoms with van der Waals surface area (Å²) in [6.07, 6.45) is 8.76. The zero-order chi connectivity index (χ0) is 8.27. The van der Waals surface area contributed by atoms with Crippen LogP contribution >= 0.6 is 0 Å². The minimum atomic E-state index is 0.814. The van der Waals surface area contributed by atoms with E-state index in [0.29, 0.717) is 0 Å². The number of allylic oxidation sites excluding steroid dienone is 5. The van der Waals surface area contributed by atoms with Gasteiger partial charge < -0.3 is 0 Å². The van der Waals surface area contributed by atoms with Gasteiger partial charge in [0.15, 0.2) is 0 Å². The Bertz CT molecular complexity index is 206. The molecule has 0 bridgehead atoms. The van der Waals surface area contributed by atoms with Gasteiger partial charge in [-0.3, -0.25) is 0 Å². The van der Waals surface area contributed by atoms with Crippen molar-refractivity contribution < 1.29 is 0 Å². The van der Waals surface area contributed by atoms with Crippen molar-refractivity contribution in [3.63, 3.8) is 0 Å². The first-order valence-electron chi connectivity index (χ1n) is 4.25. The van der Waals surface area contributed by atoms with Gasteiger partial charge in [0.2, 0.25) is 0 Å². The first kappa shape index (κ1) is 8.32. The average molecular weight is 148 g/mol. The van der Waals surface area contributed by atoms with Crippen LogP contribution < -0.4 is 0 Å². The van der Waals surface area contributed by atoms with Gasteiger partial charge in [-0.15, -0.1) is 0 Å². The Labute approximate surface area is 69.3 Å². The Kier molecular flexibility index (Phi) is 2.70. The molecule has 0 N–H and O–H groups in total. The highest BCUT2D eigenvalue weighted by Crippen LogP contribution is 2.32. The molecule has 60 valence electrons. The van der Waals surface area contributed by atoms with Gasteiger partial charge in [-0.05, 0) is 36.8 Å². The first-order chi connectivity index (χ1) is 5.27. The van der Waals surface area contributed by atoms with Crippen molar-refractivity contribution in [1.82, 2.24) is 0 Å². The first-order valence-corrected chi connectivity index (χ1v) is 4.25. The molecule has 0 saturated heterocycles. The van der Waals surface area contributed by atoms with Crippen molar-refractivity contribution in [2.45, 2.75) is 26.7 Å². The van der Waals surface area contributed by atoms with Crippen molar-refractivity contribution in [1.29, 1.82) is 0 Å². The lowest BCUT2D eigenvalue weighted by Gasteiger charge is -1.96. The van der Waals surface area contributed by atoms with Crippen LogP contribution in [0.2, 0.25) is 0 Å². The second kappa shape index (κ2) is 3.56. The third kappa shape index (κ3) is 1.83. The molecule has 0 aromatic carbocycles. The molecule has 0 amide bonds. The van der Waals surface area contributed by atoms with E-state index in [4.69, 9.17) is 0 Å². The molecule has 0 nitrogen and oxygen atoms in total. The molecule has 1 atom stereocenters. The van der Waals surface area contributed by atoms with E-state index in [1.165, 1.54) is 24.0 Å². The van der Waals surface area contributed by atoms with E-state index >= 15 is 0 Å². The fraction of sp³-hybridized carbons (Fsp3) is 0.455. The number of hydrogen-bond acceptors (Lipinski definition) is 0. The SMILES string of the molecule is C=CC1=C(/C=C\C)CC(C)C1. The molecule has 0 saturated carbocycles. The molecule has 0 aliphatic heterocycles. The zero-order valence-electron chi connectivity index (χ0n) is 7.43. The summed E-state index contributed by atoms with van der Waals surface area (Å²) in [4.78, 5) is 0. The van der Waals surface area contributed by atoms with Crippen molar-refractivity contribution >= 4 is 0 Å². The lowest BCUT2D eigenvalue weighted by molar-refractivity contribution is 0.626. The molecular weight excluding hydrogens is 132 g/mol. The molecule has 0 aromatic rings. The van der Waals surface area contributed by atoms with Crippen molar-refractivity contribution in [3.05, 3.63) is 36.0 Å². The highest BCUT2D eigenvalue weighted by molar-refractivity contribution is 5.36. The predicted octanol–water partition coefficient (Wildman–Crippen LogP) is 3.48. The minimum Gasteiger partial charge on any atom is -0.0988 e. The van der Waals surface area contributed by atoms with Crippen LogP contribution in [0.5, 0.6) is 0 Å². The minimum absolute atomic E-state index is 0.814.